The van der Waals surface area contributed by atoms with Crippen LogP contribution in [0.15, 0.2) is 48.5 Å². The van der Waals surface area contributed by atoms with Crippen LogP contribution in [0.25, 0.3) is 0 Å². The second-order valence-corrected chi connectivity index (χ2v) is 6.72. The van der Waals surface area contributed by atoms with Crippen LogP contribution in [0.3, 0.4) is 0 Å². The lowest BCUT2D eigenvalue weighted by molar-refractivity contribution is -0.122. The molecule has 0 spiro atoms. The molecule has 0 fully saturated rings. The molecule has 0 bridgehead atoms. The van der Waals surface area contributed by atoms with Crippen molar-refractivity contribution in [3.63, 3.8) is 0 Å². The standard InChI is InChI=1S/C20H22ClN3O3/c1-13(2)19(26)22-16-10-7-15(8-11-16)20(27)24-23-18(25)12-9-14-5-3-4-6-17(14)21/h3-8,10-11,13H,9,12H2,1-2H3,(H,22,26)(H,23,25)(H,24,27). The number of anilines is 1. The Kier molecular flexibility index (Phi) is 7.37. The minimum absolute atomic E-state index is 0.0991. The molecule has 0 aromatic heterocycles. The van der Waals surface area contributed by atoms with Crippen molar-refractivity contribution in [3.8, 4) is 0 Å². The second-order valence-electron chi connectivity index (χ2n) is 6.32. The first-order chi connectivity index (χ1) is 12.9. The Balaban J connectivity index is 1.80. The van der Waals surface area contributed by atoms with E-state index < -0.39 is 5.91 Å². The summed E-state index contributed by atoms with van der Waals surface area (Å²) in [5, 5.41) is 3.35. The fraction of sp³-hybridized carbons (Fsp3) is 0.250. The highest BCUT2D eigenvalue weighted by atomic mass is 35.5. The van der Waals surface area contributed by atoms with E-state index in [0.717, 1.165) is 5.56 Å². The minimum atomic E-state index is -0.442. The number of hydrogen-bond acceptors (Lipinski definition) is 3. The first-order valence-corrected chi connectivity index (χ1v) is 8.98. The zero-order chi connectivity index (χ0) is 19.8. The number of amides is 3. The van der Waals surface area contributed by atoms with Crippen molar-refractivity contribution >= 4 is 35.0 Å². The Morgan fingerprint density at radius 2 is 1.63 bits per heavy atom. The zero-order valence-corrected chi connectivity index (χ0v) is 16.0. The van der Waals surface area contributed by atoms with Gasteiger partial charge in [-0.1, -0.05) is 43.6 Å². The Morgan fingerprint density at radius 3 is 2.26 bits per heavy atom. The summed E-state index contributed by atoms with van der Waals surface area (Å²) in [5.41, 5.74) is 6.60. The highest BCUT2D eigenvalue weighted by Crippen LogP contribution is 2.16. The van der Waals surface area contributed by atoms with Gasteiger partial charge < -0.3 is 5.32 Å². The van der Waals surface area contributed by atoms with Gasteiger partial charge in [0, 0.05) is 28.6 Å². The van der Waals surface area contributed by atoms with Crippen LogP contribution in [-0.4, -0.2) is 17.7 Å². The van der Waals surface area contributed by atoms with Crippen molar-refractivity contribution in [2.75, 3.05) is 5.32 Å². The number of nitrogens with one attached hydrogen (secondary N) is 3. The van der Waals surface area contributed by atoms with Gasteiger partial charge in [0.2, 0.25) is 11.8 Å². The molecule has 0 saturated carbocycles. The highest BCUT2D eigenvalue weighted by molar-refractivity contribution is 6.31. The lowest BCUT2D eigenvalue weighted by Gasteiger charge is -2.10. The van der Waals surface area contributed by atoms with E-state index in [1.54, 1.807) is 44.2 Å². The third-order valence-corrected chi connectivity index (χ3v) is 4.20. The van der Waals surface area contributed by atoms with Gasteiger partial charge in [0.25, 0.3) is 5.91 Å². The fourth-order valence-corrected chi connectivity index (χ4v) is 2.43. The summed E-state index contributed by atoms with van der Waals surface area (Å²) in [6.45, 7) is 3.59. The number of hydrogen-bond donors (Lipinski definition) is 3. The first-order valence-electron chi connectivity index (χ1n) is 8.60. The molecule has 2 rings (SSSR count). The predicted octanol–water partition coefficient (Wildman–Crippen LogP) is 3.33. The largest absolute Gasteiger partial charge is 0.326 e. The van der Waals surface area contributed by atoms with E-state index in [4.69, 9.17) is 11.6 Å². The summed E-state index contributed by atoms with van der Waals surface area (Å²) in [5.74, 6) is -0.987. The van der Waals surface area contributed by atoms with Crippen LogP contribution < -0.4 is 16.2 Å². The van der Waals surface area contributed by atoms with E-state index in [1.807, 2.05) is 18.2 Å². The van der Waals surface area contributed by atoms with Crippen molar-refractivity contribution in [2.45, 2.75) is 26.7 Å². The molecule has 0 aliphatic rings. The maximum Gasteiger partial charge on any atom is 0.269 e. The fourth-order valence-electron chi connectivity index (χ4n) is 2.20. The molecule has 0 radical (unpaired) electrons. The molecule has 27 heavy (non-hydrogen) atoms. The van der Waals surface area contributed by atoms with Crippen LogP contribution in [0.4, 0.5) is 5.69 Å². The van der Waals surface area contributed by atoms with Gasteiger partial charge in [0.1, 0.15) is 0 Å². The van der Waals surface area contributed by atoms with Crippen molar-refractivity contribution in [3.05, 3.63) is 64.7 Å². The molecule has 3 N–H and O–H groups in total. The lowest BCUT2D eigenvalue weighted by Crippen LogP contribution is -2.41. The molecule has 0 atom stereocenters. The highest BCUT2D eigenvalue weighted by Gasteiger charge is 2.10. The molecule has 2 aromatic rings. The number of benzene rings is 2. The topological polar surface area (TPSA) is 87.3 Å². The quantitative estimate of drug-likeness (QED) is 0.664. The average Bonchev–Trinajstić information content (AvgIpc) is 2.66. The molecular formula is C20H22ClN3O3. The molecule has 3 amide bonds. The van der Waals surface area contributed by atoms with Crippen LogP contribution in [0.1, 0.15) is 36.2 Å². The van der Waals surface area contributed by atoms with Crippen LogP contribution in [0.2, 0.25) is 5.02 Å². The van der Waals surface area contributed by atoms with E-state index in [9.17, 15) is 14.4 Å². The van der Waals surface area contributed by atoms with Gasteiger partial charge in [-0.05, 0) is 42.3 Å². The van der Waals surface area contributed by atoms with E-state index in [-0.39, 0.29) is 24.2 Å². The number of halogens is 1. The van der Waals surface area contributed by atoms with Crippen LogP contribution >= 0.6 is 11.6 Å². The Hall–Kier alpha value is -2.86. The summed E-state index contributed by atoms with van der Waals surface area (Å²) in [6, 6.07) is 13.7. The Bertz CT molecular complexity index is 819. The molecule has 7 heteroatoms. The van der Waals surface area contributed by atoms with E-state index in [2.05, 4.69) is 16.2 Å². The van der Waals surface area contributed by atoms with Crippen molar-refractivity contribution < 1.29 is 14.4 Å². The maximum absolute atomic E-state index is 12.1. The number of rotatable bonds is 6. The summed E-state index contributed by atoms with van der Waals surface area (Å²) >= 11 is 6.05. The van der Waals surface area contributed by atoms with E-state index in [1.165, 1.54) is 0 Å². The monoisotopic (exact) mass is 387 g/mol. The molecule has 0 saturated heterocycles. The van der Waals surface area contributed by atoms with Crippen LogP contribution in [-0.2, 0) is 16.0 Å². The summed E-state index contributed by atoms with van der Waals surface area (Å²) in [4.78, 5) is 35.6. The summed E-state index contributed by atoms with van der Waals surface area (Å²) in [7, 11) is 0. The van der Waals surface area contributed by atoms with Gasteiger partial charge in [-0.15, -0.1) is 0 Å². The van der Waals surface area contributed by atoms with Crippen molar-refractivity contribution in [1.29, 1.82) is 0 Å². The lowest BCUT2D eigenvalue weighted by atomic mass is 10.1. The molecular weight excluding hydrogens is 366 g/mol. The molecule has 0 unspecified atom stereocenters. The van der Waals surface area contributed by atoms with Gasteiger partial charge >= 0.3 is 0 Å². The predicted molar refractivity (Wildman–Crippen MR) is 105 cm³/mol. The number of hydrazine groups is 1. The van der Waals surface area contributed by atoms with Gasteiger partial charge in [0.15, 0.2) is 0 Å². The Morgan fingerprint density at radius 1 is 0.963 bits per heavy atom. The number of carbonyl (C=O) groups excluding carboxylic acids is 3. The van der Waals surface area contributed by atoms with E-state index in [0.29, 0.717) is 22.7 Å². The van der Waals surface area contributed by atoms with Gasteiger partial charge in [-0.3, -0.25) is 25.2 Å². The smallest absolute Gasteiger partial charge is 0.269 e. The molecule has 142 valence electrons. The molecule has 0 aliphatic heterocycles. The summed E-state index contributed by atoms with van der Waals surface area (Å²) in [6.07, 6.45) is 0.676. The van der Waals surface area contributed by atoms with Gasteiger partial charge in [-0.2, -0.15) is 0 Å². The third kappa shape index (κ3) is 6.42. The number of carbonyl (C=O) groups is 3. The minimum Gasteiger partial charge on any atom is -0.326 e. The molecule has 0 heterocycles. The normalized spacial score (nSPS) is 10.4. The third-order valence-electron chi connectivity index (χ3n) is 3.83. The van der Waals surface area contributed by atoms with Crippen LogP contribution in [0, 0.1) is 5.92 Å². The van der Waals surface area contributed by atoms with Crippen molar-refractivity contribution in [1.82, 2.24) is 10.9 Å². The SMILES string of the molecule is CC(C)C(=O)Nc1ccc(C(=O)NNC(=O)CCc2ccccc2Cl)cc1. The second kappa shape index (κ2) is 9.73. The zero-order valence-electron chi connectivity index (χ0n) is 15.2. The van der Waals surface area contributed by atoms with Crippen LogP contribution in [0.5, 0.6) is 0 Å². The van der Waals surface area contributed by atoms with E-state index >= 15 is 0 Å². The van der Waals surface area contributed by atoms with Gasteiger partial charge in [-0.25, -0.2) is 0 Å². The first kappa shape index (κ1) is 20.5. The van der Waals surface area contributed by atoms with Gasteiger partial charge in [0.05, 0.1) is 0 Å². The summed E-state index contributed by atoms with van der Waals surface area (Å²) < 4.78 is 0. The molecule has 6 nitrogen and oxygen atoms in total. The average molecular weight is 388 g/mol. The Labute approximate surface area is 163 Å². The molecule has 0 aliphatic carbocycles. The number of aryl methyl sites for hydroxylation is 1. The van der Waals surface area contributed by atoms with Crippen molar-refractivity contribution in [2.24, 2.45) is 5.92 Å². The maximum atomic E-state index is 12.1. The molecule has 2 aromatic carbocycles.